The standard InChI is InChI=1S/C38H22N2O4/c1-2-40-37(43)33-17-29-13-25-9-21-5-3-19-7-23-11-27-15-31-32(36(42)39-35(31)41)16-28(27)12-24(23)8-20(19)4-6-22(21)10-26(25)14-30(29)18-34(33)38(40)44/h3-18H,2H2,1H3,(H,39,41,42). The second kappa shape index (κ2) is 8.58. The second-order valence-electron chi connectivity index (χ2n) is 11.7. The molecule has 0 aliphatic heterocycles. The van der Waals surface area contributed by atoms with Crippen LogP contribution in [-0.2, 0) is 6.54 Å². The largest absolute Gasteiger partial charge is 0.288 e. The number of aromatic amines is 1. The lowest BCUT2D eigenvalue weighted by Crippen LogP contribution is -2.23. The molecule has 9 aromatic rings. The summed E-state index contributed by atoms with van der Waals surface area (Å²) in [5.41, 5.74) is -1.17. The molecular weight excluding hydrogens is 548 g/mol. The number of H-pyrrole nitrogens is 1. The smallest absolute Gasteiger partial charge is 0.261 e. The van der Waals surface area contributed by atoms with Crippen LogP contribution in [0, 0.1) is 0 Å². The summed E-state index contributed by atoms with van der Waals surface area (Å²) in [5, 5.41) is 14.0. The molecule has 7 aromatic carbocycles. The first-order chi connectivity index (χ1) is 21.3. The van der Waals surface area contributed by atoms with Gasteiger partial charge in [0.1, 0.15) is 0 Å². The van der Waals surface area contributed by atoms with E-state index in [2.05, 4.69) is 77.8 Å². The molecule has 0 saturated heterocycles. The molecule has 0 saturated carbocycles. The first-order valence-electron chi connectivity index (χ1n) is 14.5. The number of benzene rings is 6. The number of nitrogens with one attached hydrogen (secondary N) is 1. The zero-order valence-electron chi connectivity index (χ0n) is 23.5. The van der Waals surface area contributed by atoms with Crippen LogP contribution < -0.4 is 22.2 Å². The molecule has 0 aliphatic carbocycles. The van der Waals surface area contributed by atoms with E-state index in [0.717, 1.165) is 64.6 Å². The van der Waals surface area contributed by atoms with Crippen molar-refractivity contribution in [3.8, 4) is 0 Å². The summed E-state index contributed by atoms with van der Waals surface area (Å²) in [6.07, 6.45) is 0. The molecule has 1 N–H and O–H groups in total. The number of hydrogen-bond acceptors (Lipinski definition) is 4. The van der Waals surface area contributed by atoms with Crippen LogP contribution in [0.3, 0.4) is 0 Å². The molecule has 6 nitrogen and oxygen atoms in total. The van der Waals surface area contributed by atoms with Gasteiger partial charge in [-0.1, -0.05) is 24.3 Å². The van der Waals surface area contributed by atoms with Crippen molar-refractivity contribution in [2.45, 2.75) is 13.5 Å². The molecule has 6 heteroatoms. The Balaban J connectivity index is 1.26. The molecule has 0 aliphatic rings. The van der Waals surface area contributed by atoms with Crippen LogP contribution in [0.1, 0.15) is 6.92 Å². The summed E-state index contributed by atoms with van der Waals surface area (Å²) in [5.74, 6) is 0. The van der Waals surface area contributed by atoms with Gasteiger partial charge in [0.05, 0.1) is 21.5 Å². The molecule has 44 heavy (non-hydrogen) atoms. The molecule has 2 aromatic heterocycles. The third-order valence-electron chi connectivity index (χ3n) is 9.14. The number of rotatable bonds is 1. The minimum Gasteiger partial charge on any atom is -0.288 e. The number of fused-ring (bicyclic) bond motifs is 8. The van der Waals surface area contributed by atoms with Gasteiger partial charge in [-0.2, -0.15) is 0 Å². The Morgan fingerprint density at radius 3 is 1.00 bits per heavy atom. The van der Waals surface area contributed by atoms with Gasteiger partial charge in [0.2, 0.25) is 0 Å². The maximum Gasteiger partial charge on any atom is 0.261 e. The summed E-state index contributed by atoms with van der Waals surface area (Å²) in [6.45, 7) is 2.16. The molecule has 0 bridgehead atoms. The van der Waals surface area contributed by atoms with Crippen molar-refractivity contribution >= 4 is 86.2 Å². The Bertz CT molecular complexity index is 2810. The molecule has 0 atom stereocenters. The summed E-state index contributed by atoms with van der Waals surface area (Å²) >= 11 is 0. The van der Waals surface area contributed by atoms with E-state index in [1.807, 2.05) is 19.1 Å². The fourth-order valence-corrected chi connectivity index (χ4v) is 6.85. The SMILES string of the molecule is CCn1c(=O)c2cc3cc4cc5ccc6cc7cc8cc9c(=O)[nH]c(=O)c9cc8cc7cc6ccc5cc4cc3cc2c1=O. The van der Waals surface area contributed by atoms with Gasteiger partial charge in [-0.25, -0.2) is 0 Å². The fraction of sp³-hybridized carbons (Fsp3) is 0.0526. The summed E-state index contributed by atoms with van der Waals surface area (Å²) in [4.78, 5) is 52.4. The number of nitrogens with zero attached hydrogens (tertiary/aromatic N) is 1. The summed E-state index contributed by atoms with van der Waals surface area (Å²) in [7, 11) is 0. The minimum atomic E-state index is -0.354. The van der Waals surface area contributed by atoms with Crippen LogP contribution >= 0.6 is 0 Å². The first-order valence-corrected chi connectivity index (χ1v) is 14.5. The highest BCUT2D eigenvalue weighted by atomic mass is 16.2. The molecular formula is C38H22N2O4. The van der Waals surface area contributed by atoms with Crippen LogP contribution in [0.5, 0.6) is 0 Å². The average Bonchev–Trinajstić information content (AvgIpc) is 3.42. The van der Waals surface area contributed by atoms with Crippen molar-refractivity contribution in [2.24, 2.45) is 0 Å². The zero-order valence-corrected chi connectivity index (χ0v) is 23.5. The molecule has 208 valence electrons. The lowest BCUT2D eigenvalue weighted by Gasteiger charge is -2.07. The molecule has 0 unspecified atom stereocenters. The molecule has 2 heterocycles. The Hall–Kier alpha value is -5.88. The van der Waals surface area contributed by atoms with E-state index in [1.165, 1.54) is 4.57 Å². The zero-order chi connectivity index (χ0) is 29.9. The number of hydrogen-bond donors (Lipinski definition) is 1. The monoisotopic (exact) mass is 570 g/mol. The van der Waals surface area contributed by atoms with Crippen molar-refractivity contribution in [2.75, 3.05) is 0 Å². The van der Waals surface area contributed by atoms with E-state index in [4.69, 9.17) is 0 Å². The summed E-state index contributed by atoms with van der Waals surface area (Å²) in [6, 6.07) is 32.7. The highest BCUT2D eigenvalue weighted by Gasteiger charge is 2.13. The van der Waals surface area contributed by atoms with Crippen molar-refractivity contribution < 1.29 is 0 Å². The lowest BCUT2D eigenvalue weighted by atomic mass is 9.97. The maximum atomic E-state index is 12.8. The molecule has 0 spiro atoms. The van der Waals surface area contributed by atoms with Gasteiger partial charge in [-0.05, 0) is 144 Å². The normalized spacial score (nSPS) is 12.2. The quantitative estimate of drug-likeness (QED) is 0.217. The van der Waals surface area contributed by atoms with Crippen molar-refractivity contribution in [1.82, 2.24) is 9.55 Å². The van der Waals surface area contributed by atoms with Crippen LogP contribution in [0.15, 0.2) is 116 Å². The van der Waals surface area contributed by atoms with Crippen molar-refractivity contribution in [1.29, 1.82) is 0 Å². The number of aromatic nitrogens is 2. The van der Waals surface area contributed by atoms with E-state index in [1.54, 1.807) is 12.1 Å². The predicted octanol–water partition coefficient (Wildman–Crippen LogP) is 6.94. The lowest BCUT2D eigenvalue weighted by molar-refractivity contribution is 0.722. The molecule has 9 rings (SSSR count). The van der Waals surface area contributed by atoms with E-state index in [-0.39, 0.29) is 22.2 Å². The fourth-order valence-electron chi connectivity index (χ4n) is 6.85. The van der Waals surface area contributed by atoms with Crippen molar-refractivity contribution in [3.63, 3.8) is 0 Å². The van der Waals surface area contributed by atoms with Gasteiger partial charge in [0.15, 0.2) is 0 Å². The highest BCUT2D eigenvalue weighted by molar-refractivity contribution is 6.10. The Labute approximate surface area is 247 Å². The van der Waals surface area contributed by atoms with E-state index >= 15 is 0 Å². The Morgan fingerprint density at radius 2 is 0.682 bits per heavy atom. The first kappa shape index (κ1) is 24.7. The predicted molar refractivity (Wildman–Crippen MR) is 181 cm³/mol. The second-order valence-corrected chi connectivity index (χ2v) is 11.7. The Kier molecular flexibility index (Phi) is 4.82. The van der Waals surface area contributed by atoms with Gasteiger partial charge < -0.3 is 0 Å². The molecule has 0 radical (unpaired) electrons. The van der Waals surface area contributed by atoms with Crippen LogP contribution in [0.25, 0.3) is 86.2 Å². The van der Waals surface area contributed by atoms with Gasteiger partial charge in [0.25, 0.3) is 22.2 Å². The van der Waals surface area contributed by atoms with Crippen LogP contribution in [0.2, 0.25) is 0 Å². The topological polar surface area (TPSA) is 89.0 Å². The van der Waals surface area contributed by atoms with Gasteiger partial charge in [-0.15, -0.1) is 0 Å². The van der Waals surface area contributed by atoms with E-state index in [0.29, 0.717) is 28.1 Å². The molecule has 0 amide bonds. The van der Waals surface area contributed by atoms with Gasteiger partial charge in [0, 0.05) is 6.54 Å². The van der Waals surface area contributed by atoms with Gasteiger partial charge in [-0.3, -0.25) is 28.7 Å². The third-order valence-corrected chi connectivity index (χ3v) is 9.14. The van der Waals surface area contributed by atoms with Crippen molar-refractivity contribution in [3.05, 3.63) is 138 Å². The van der Waals surface area contributed by atoms with E-state index in [9.17, 15) is 19.2 Å². The van der Waals surface area contributed by atoms with E-state index < -0.39 is 0 Å². The van der Waals surface area contributed by atoms with Crippen LogP contribution in [0.4, 0.5) is 0 Å². The minimum absolute atomic E-state index is 0.232. The van der Waals surface area contributed by atoms with Crippen LogP contribution in [-0.4, -0.2) is 9.55 Å². The Morgan fingerprint density at radius 1 is 0.409 bits per heavy atom. The molecule has 0 fully saturated rings. The highest BCUT2D eigenvalue weighted by Crippen LogP contribution is 2.31. The third kappa shape index (κ3) is 3.42. The average molecular weight is 571 g/mol. The maximum absolute atomic E-state index is 12.8. The van der Waals surface area contributed by atoms with Gasteiger partial charge >= 0.3 is 0 Å². The summed E-state index contributed by atoms with van der Waals surface area (Å²) < 4.78 is 1.29.